The van der Waals surface area contributed by atoms with Gasteiger partial charge in [-0.3, -0.25) is 9.48 Å². The Labute approximate surface area is 143 Å². The third-order valence-corrected chi connectivity index (χ3v) is 5.23. The van der Waals surface area contributed by atoms with Crippen molar-refractivity contribution in [3.8, 4) is 5.75 Å². The van der Waals surface area contributed by atoms with Crippen molar-refractivity contribution >= 4 is 21.4 Å². The number of anilines is 1. The predicted octanol–water partition coefficient (Wildman–Crippen LogP) is 2.27. The number of phenols is 1. The molecule has 7 nitrogen and oxygen atoms in total. The second-order valence-corrected chi connectivity index (χ2v) is 7.58. The molecule has 0 unspecified atom stereocenters. The lowest BCUT2D eigenvalue weighted by atomic mass is 10.3. The van der Waals surface area contributed by atoms with Crippen molar-refractivity contribution in [1.29, 1.82) is 0 Å². The summed E-state index contributed by atoms with van der Waals surface area (Å²) in [6.07, 6.45) is -2.75. The van der Waals surface area contributed by atoms with Crippen LogP contribution in [0.25, 0.3) is 0 Å². The van der Waals surface area contributed by atoms with Crippen LogP contribution in [-0.4, -0.2) is 35.0 Å². The number of carbonyl (C=O) groups excluding carboxylic acids is 1. The molecule has 0 aliphatic carbocycles. The Balaban J connectivity index is 2.19. The predicted molar refractivity (Wildman–Crippen MR) is 86.4 cm³/mol. The van der Waals surface area contributed by atoms with Crippen LogP contribution in [0.2, 0.25) is 0 Å². The molecule has 2 rings (SSSR count). The van der Waals surface area contributed by atoms with Gasteiger partial charge in [-0.1, -0.05) is 6.92 Å². The van der Waals surface area contributed by atoms with Gasteiger partial charge in [0.1, 0.15) is 18.0 Å². The van der Waals surface area contributed by atoms with Crippen LogP contribution in [0.5, 0.6) is 5.75 Å². The molecule has 1 aromatic heterocycles. The van der Waals surface area contributed by atoms with E-state index in [-0.39, 0.29) is 28.6 Å². The third kappa shape index (κ3) is 4.32. The van der Waals surface area contributed by atoms with Gasteiger partial charge < -0.3 is 10.4 Å². The number of rotatable bonds is 6. The third-order valence-electron chi connectivity index (χ3n) is 3.50. The van der Waals surface area contributed by atoms with E-state index >= 15 is 0 Å². The number of nitrogens with one attached hydrogen (secondary N) is 1. The normalized spacial score (nSPS) is 11.7. The lowest BCUT2D eigenvalue weighted by molar-refractivity contribution is -0.117. The topological polar surface area (TPSA) is 101 Å². The highest BCUT2D eigenvalue weighted by Crippen LogP contribution is 2.27. The van der Waals surface area contributed by atoms with Crippen molar-refractivity contribution in [2.24, 2.45) is 0 Å². The van der Waals surface area contributed by atoms with Crippen LogP contribution in [0.4, 0.5) is 14.5 Å². The van der Waals surface area contributed by atoms with Crippen molar-refractivity contribution in [2.45, 2.75) is 31.7 Å². The van der Waals surface area contributed by atoms with E-state index in [4.69, 9.17) is 0 Å². The summed E-state index contributed by atoms with van der Waals surface area (Å²) in [5.74, 6) is -1.09. The molecule has 0 aliphatic heterocycles. The van der Waals surface area contributed by atoms with Crippen LogP contribution in [0.1, 0.15) is 24.7 Å². The molecule has 10 heteroatoms. The minimum absolute atomic E-state index is 0.0432. The van der Waals surface area contributed by atoms with Gasteiger partial charge in [0.25, 0.3) is 6.43 Å². The van der Waals surface area contributed by atoms with Crippen molar-refractivity contribution in [3.05, 3.63) is 35.7 Å². The molecule has 2 N–H and O–H groups in total. The summed E-state index contributed by atoms with van der Waals surface area (Å²) < 4.78 is 50.1. The van der Waals surface area contributed by atoms with E-state index < -0.39 is 27.9 Å². The number of alkyl halides is 2. The van der Waals surface area contributed by atoms with E-state index in [1.54, 1.807) is 0 Å². The first-order valence-corrected chi connectivity index (χ1v) is 8.97. The molecular formula is C15H17F2N3O4S. The van der Waals surface area contributed by atoms with Gasteiger partial charge in [0.15, 0.2) is 9.84 Å². The number of aryl methyl sites for hydroxylation is 1. The molecular weight excluding hydrogens is 356 g/mol. The van der Waals surface area contributed by atoms with E-state index in [0.717, 1.165) is 16.8 Å². The Morgan fingerprint density at radius 3 is 2.60 bits per heavy atom. The summed E-state index contributed by atoms with van der Waals surface area (Å²) in [4.78, 5) is 12.0. The number of nitrogens with zero attached hydrogens (tertiary/aromatic N) is 2. The molecule has 0 saturated carbocycles. The molecule has 136 valence electrons. The number of carbonyl (C=O) groups is 1. The van der Waals surface area contributed by atoms with Crippen LogP contribution in [0.3, 0.4) is 0 Å². The minimum Gasteiger partial charge on any atom is -0.506 e. The summed E-state index contributed by atoms with van der Waals surface area (Å²) in [6, 6.07) is 4.71. The molecule has 0 bridgehead atoms. The lowest BCUT2D eigenvalue weighted by Gasteiger charge is -2.10. The second-order valence-electron chi connectivity index (χ2n) is 5.30. The maximum atomic E-state index is 12.6. The van der Waals surface area contributed by atoms with E-state index in [1.165, 1.54) is 26.0 Å². The van der Waals surface area contributed by atoms with Gasteiger partial charge in [0.2, 0.25) is 5.91 Å². The molecule has 2 aromatic rings. The average Bonchev–Trinajstić information content (AvgIpc) is 2.90. The Morgan fingerprint density at radius 2 is 2.04 bits per heavy atom. The highest BCUT2D eigenvalue weighted by atomic mass is 32.2. The monoisotopic (exact) mass is 373 g/mol. The molecule has 0 aliphatic rings. The average molecular weight is 373 g/mol. The maximum absolute atomic E-state index is 12.6. The highest BCUT2D eigenvalue weighted by Gasteiger charge is 2.17. The smallest absolute Gasteiger partial charge is 0.282 e. The van der Waals surface area contributed by atoms with E-state index in [9.17, 15) is 27.1 Å². The Bertz CT molecular complexity index is 894. The van der Waals surface area contributed by atoms with Gasteiger partial charge in [-0.05, 0) is 31.2 Å². The Hall–Kier alpha value is -2.49. The Kier molecular flexibility index (Phi) is 5.41. The molecule has 1 heterocycles. The first-order valence-electron chi connectivity index (χ1n) is 7.32. The van der Waals surface area contributed by atoms with Crippen LogP contribution in [0, 0.1) is 6.92 Å². The Morgan fingerprint density at radius 1 is 1.36 bits per heavy atom. The number of benzene rings is 1. The van der Waals surface area contributed by atoms with E-state index in [0.29, 0.717) is 5.69 Å². The van der Waals surface area contributed by atoms with Crippen LogP contribution in [0.15, 0.2) is 29.2 Å². The lowest BCUT2D eigenvalue weighted by Crippen LogP contribution is -2.20. The number of hydrogen-bond acceptors (Lipinski definition) is 5. The molecule has 1 amide bonds. The minimum atomic E-state index is -3.51. The van der Waals surface area contributed by atoms with Gasteiger partial charge in [-0.15, -0.1) is 0 Å². The molecule has 25 heavy (non-hydrogen) atoms. The number of aromatic hydroxyl groups is 1. The van der Waals surface area contributed by atoms with Gasteiger partial charge in [-0.25, -0.2) is 17.2 Å². The number of aromatic nitrogens is 2. The van der Waals surface area contributed by atoms with Crippen molar-refractivity contribution in [1.82, 2.24) is 9.78 Å². The highest BCUT2D eigenvalue weighted by molar-refractivity contribution is 7.91. The summed E-state index contributed by atoms with van der Waals surface area (Å²) in [7, 11) is -3.51. The summed E-state index contributed by atoms with van der Waals surface area (Å²) in [5, 5.41) is 15.8. The summed E-state index contributed by atoms with van der Waals surface area (Å²) >= 11 is 0. The fourth-order valence-corrected chi connectivity index (χ4v) is 3.01. The zero-order chi connectivity index (χ0) is 18.8. The van der Waals surface area contributed by atoms with E-state index in [1.807, 2.05) is 0 Å². The van der Waals surface area contributed by atoms with Crippen LogP contribution in [-0.2, 0) is 21.2 Å². The maximum Gasteiger partial charge on any atom is 0.282 e. The second kappa shape index (κ2) is 7.18. The number of sulfone groups is 1. The SMILES string of the molecule is CCS(=O)(=O)c1ccc(O)c(NC(=O)Cn2nc(C(F)F)cc2C)c1. The molecule has 0 fully saturated rings. The van der Waals surface area contributed by atoms with Gasteiger partial charge in [0, 0.05) is 5.69 Å². The largest absolute Gasteiger partial charge is 0.506 e. The first kappa shape index (κ1) is 18.8. The number of amides is 1. The number of halogens is 2. The number of phenolic OH excluding ortho intramolecular Hbond substituents is 1. The number of hydrogen-bond donors (Lipinski definition) is 2. The molecule has 1 aromatic carbocycles. The molecule has 0 radical (unpaired) electrons. The van der Waals surface area contributed by atoms with Gasteiger partial charge in [-0.2, -0.15) is 5.10 Å². The summed E-state index contributed by atoms with van der Waals surface area (Å²) in [5.41, 5.74) is -0.153. The standard InChI is InChI=1S/C15H17F2N3O4S/c1-3-25(23,24)10-4-5-13(21)11(7-10)18-14(22)8-20-9(2)6-12(19-20)15(16)17/h4-7,15,21H,3,8H2,1-2H3,(H,18,22). The van der Waals surface area contributed by atoms with Crippen molar-refractivity contribution in [2.75, 3.05) is 11.1 Å². The van der Waals surface area contributed by atoms with Crippen LogP contribution >= 0.6 is 0 Å². The molecule has 0 saturated heterocycles. The van der Waals surface area contributed by atoms with E-state index in [2.05, 4.69) is 10.4 Å². The van der Waals surface area contributed by atoms with Gasteiger partial charge in [0.05, 0.1) is 16.3 Å². The fourth-order valence-electron chi connectivity index (χ4n) is 2.10. The first-order chi connectivity index (χ1) is 11.6. The molecule has 0 atom stereocenters. The zero-order valence-electron chi connectivity index (χ0n) is 13.5. The van der Waals surface area contributed by atoms with Gasteiger partial charge >= 0.3 is 0 Å². The summed E-state index contributed by atoms with van der Waals surface area (Å²) in [6.45, 7) is 2.64. The fraction of sp³-hybridized carbons (Fsp3) is 0.333. The van der Waals surface area contributed by atoms with Crippen LogP contribution < -0.4 is 5.32 Å². The quantitative estimate of drug-likeness (QED) is 0.757. The van der Waals surface area contributed by atoms with Crippen molar-refractivity contribution in [3.63, 3.8) is 0 Å². The molecule has 0 spiro atoms. The zero-order valence-corrected chi connectivity index (χ0v) is 14.3. The van der Waals surface area contributed by atoms with Crippen molar-refractivity contribution < 1.29 is 27.1 Å².